The van der Waals surface area contributed by atoms with Crippen LogP contribution in [-0.4, -0.2) is 32.0 Å². The lowest BCUT2D eigenvalue weighted by atomic mass is 9.87. The number of carbonyl (C=O) groups excluding carboxylic acids is 2. The van der Waals surface area contributed by atoms with Crippen molar-refractivity contribution < 1.29 is 9.59 Å². The first kappa shape index (κ1) is 22.6. The fourth-order valence-corrected chi connectivity index (χ4v) is 4.57. The molecule has 0 radical (unpaired) electrons. The summed E-state index contributed by atoms with van der Waals surface area (Å²) in [6, 6.07) is 12.4. The van der Waals surface area contributed by atoms with E-state index in [1.54, 1.807) is 6.07 Å². The molecule has 0 spiro atoms. The third kappa shape index (κ3) is 4.76. The predicted molar refractivity (Wildman–Crippen MR) is 124 cm³/mol. The second kappa shape index (κ2) is 9.89. The summed E-state index contributed by atoms with van der Waals surface area (Å²) in [7, 11) is 0. The Bertz CT molecular complexity index is 1270. The molecule has 0 saturated heterocycles. The average Bonchev–Trinajstić information content (AvgIpc) is 3.08. The SMILES string of the molecule is NC(=O)CCNC(=O)c1ccc(-c2ccccc2)n2c(=O)n(CCC3CCCCC3)c(=O)n12. The molecule has 0 atom stereocenters. The molecule has 4 rings (SSSR count). The summed E-state index contributed by atoms with van der Waals surface area (Å²) >= 11 is 0. The number of benzene rings is 1. The Labute approximate surface area is 190 Å². The van der Waals surface area contributed by atoms with Crippen LogP contribution >= 0.6 is 0 Å². The Morgan fingerprint density at radius 1 is 0.939 bits per heavy atom. The lowest BCUT2D eigenvalue weighted by Crippen LogP contribution is -2.33. The Morgan fingerprint density at radius 3 is 2.33 bits per heavy atom. The average molecular weight is 452 g/mol. The van der Waals surface area contributed by atoms with Gasteiger partial charge in [-0.2, -0.15) is 9.03 Å². The molecule has 1 aromatic carbocycles. The summed E-state index contributed by atoms with van der Waals surface area (Å²) in [6.07, 6.45) is 6.58. The number of nitrogens with two attached hydrogens (primary N) is 1. The zero-order valence-corrected chi connectivity index (χ0v) is 18.5. The van der Waals surface area contributed by atoms with E-state index in [0.717, 1.165) is 29.3 Å². The molecule has 1 aliphatic rings. The standard InChI is InChI=1S/C24H29N5O4/c25-21(30)13-15-26-22(31)20-12-11-19(18-9-5-2-6-10-18)28-23(32)27(24(33)29(20)28)16-14-17-7-3-1-4-8-17/h2,5-6,9-12,17H,1,3-4,7-8,13-16H2,(H2,25,30)(H,26,31). The predicted octanol–water partition coefficient (Wildman–Crippen LogP) is 1.80. The molecule has 2 amide bonds. The molecule has 3 N–H and O–H groups in total. The summed E-state index contributed by atoms with van der Waals surface area (Å²) < 4.78 is 3.62. The van der Waals surface area contributed by atoms with Crippen molar-refractivity contribution in [1.29, 1.82) is 0 Å². The fraction of sp³-hybridized carbons (Fsp3) is 0.417. The van der Waals surface area contributed by atoms with Gasteiger partial charge in [-0.15, -0.1) is 0 Å². The maximum Gasteiger partial charge on any atom is 0.352 e. The number of fused-ring (bicyclic) bond motifs is 1. The number of carbonyl (C=O) groups is 2. The number of rotatable bonds is 8. The van der Waals surface area contributed by atoms with Crippen molar-refractivity contribution in [2.45, 2.75) is 51.5 Å². The molecule has 2 aromatic heterocycles. The minimum Gasteiger partial charge on any atom is -0.370 e. The van der Waals surface area contributed by atoms with Gasteiger partial charge in [-0.3, -0.25) is 9.59 Å². The van der Waals surface area contributed by atoms with Crippen LogP contribution < -0.4 is 22.4 Å². The second-order valence-corrected chi connectivity index (χ2v) is 8.58. The van der Waals surface area contributed by atoms with Gasteiger partial charge in [0.05, 0.1) is 5.69 Å². The molecule has 1 fully saturated rings. The highest BCUT2D eigenvalue weighted by molar-refractivity contribution is 5.93. The fourth-order valence-electron chi connectivity index (χ4n) is 4.57. The zero-order valence-electron chi connectivity index (χ0n) is 18.5. The molecular weight excluding hydrogens is 422 g/mol. The molecule has 1 saturated carbocycles. The van der Waals surface area contributed by atoms with Crippen LogP contribution in [-0.2, 0) is 11.3 Å². The van der Waals surface area contributed by atoms with E-state index in [1.807, 2.05) is 30.3 Å². The van der Waals surface area contributed by atoms with Crippen LogP contribution in [0.4, 0.5) is 0 Å². The molecule has 0 bridgehead atoms. The molecule has 174 valence electrons. The maximum absolute atomic E-state index is 13.4. The molecular formula is C24H29N5O4. The molecule has 3 aromatic rings. The summed E-state index contributed by atoms with van der Waals surface area (Å²) in [5, 5.41) is 2.60. The van der Waals surface area contributed by atoms with E-state index < -0.39 is 23.2 Å². The van der Waals surface area contributed by atoms with Crippen LogP contribution in [0, 0.1) is 5.92 Å². The molecule has 9 nitrogen and oxygen atoms in total. The molecule has 9 heteroatoms. The highest BCUT2D eigenvalue weighted by Gasteiger charge is 2.22. The van der Waals surface area contributed by atoms with Crippen molar-refractivity contribution in [3.63, 3.8) is 0 Å². The van der Waals surface area contributed by atoms with E-state index in [2.05, 4.69) is 5.32 Å². The largest absolute Gasteiger partial charge is 0.370 e. The Kier molecular flexibility index (Phi) is 6.76. The van der Waals surface area contributed by atoms with Crippen molar-refractivity contribution in [2.75, 3.05) is 6.54 Å². The van der Waals surface area contributed by atoms with E-state index in [0.29, 0.717) is 18.2 Å². The zero-order chi connectivity index (χ0) is 23.4. The van der Waals surface area contributed by atoms with E-state index in [-0.39, 0.29) is 18.7 Å². The van der Waals surface area contributed by atoms with Gasteiger partial charge in [0.15, 0.2) is 0 Å². The van der Waals surface area contributed by atoms with Gasteiger partial charge in [0.25, 0.3) is 5.91 Å². The first-order valence-corrected chi connectivity index (χ1v) is 11.5. The normalized spacial score (nSPS) is 14.4. The Morgan fingerprint density at radius 2 is 1.64 bits per heavy atom. The van der Waals surface area contributed by atoms with Gasteiger partial charge in [-0.05, 0) is 24.5 Å². The van der Waals surface area contributed by atoms with Crippen molar-refractivity contribution >= 4 is 11.8 Å². The van der Waals surface area contributed by atoms with E-state index in [4.69, 9.17) is 5.73 Å². The summed E-state index contributed by atoms with van der Waals surface area (Å²) in [5.41, 5.74) is 5.42. The Hall–Kier alpha value is -3.62. The Balaban J connectivity index is 1.77. The van der Waals surface area contributed by atoms with Crippen LogP contribution in [0.5, 0.6) is 0 Å². The van der Waals surface area contributed by atoms with Crippen molar-refractivity contribution in [2.24, 2.45) is 11.7 Å². The lowest BCUT2D eigenvalue weighted by Gasteiger charge is -2.20. The lowest BCUT2D eigenvalue weighted by molar-refractivity contribution is -0.117. The minimum absolute atomic E-state index is 0.0196. The van der Waals surface area contributed by atoms with E-state index in [1.165, 1.54) is 34.4 Å². The van der Waals surface area contributed by atoms with Crippen LogP contribution in [0.1, 0.15) is 55.4 Å². The summed E-state index contributed by atoms with van der Waals surface area (Å²) in [4.78, 5) is 50.6. The number of hydrogen-bond acceptors (Lipinski definition) is 4. The molecule has 33 heavy (non-hydrogen) atoms. The van der Waals surface area contributed by atoms with Gasteiger partial charge in [-0.25, -0.2) is 14.2 Å². The monoisotopic (exact) mass is 451 g/mol. The topological polar surface area (TPSA) is 120 Å². The summed E-state index contributed by atoms with van der Waals surface area (Å²) in [5.74, 6) is -0.592. The smallest absolute Gasteiger partial charge is 0.352 e. The van der Waals surface area contributed by atoms with Crippen molar-refractivity contribution in [1.82, 2.24) is 18.9 Å². The number of amides is 2. The number of aromatic nitrogens is 3. The van der Waals surface area contributed by atoms with E-state index >= 15 is 0 Å². The van der Waals surface area contributed by atoms with Gasteiger partial charge in [-0.1, -0.05) is 62.4 Å². The van der Waals surface area contributed by atoms with Gasteiger partial charge in [0, 0.05) is 25.1 Å². The molecule has 2 heterocycles. The quantitative estimate of drug-likeness (QED) is 0.543. The van der Waals surface area contributed by atoms with E-state index in [9.17, 15) is 19.2 Å². The highest BCUT2D eigenvalue weighted by Crippen LogP contribution is 2.26. The van der Waals surface area contributed by atoms with Crippen molar-refractivity contribution in [3.05, 3.63) is 69.1 Å². The number of primary amides is 1. The number of hydrogen-bond donors (Lipinski definition) is 2. The van der Waals surface area contributed by atoms with Crippen LogP contribution in [0.2, 0.25) is 0 Å². The maximum atomic E-state index is 13.4. The minimum atomic E-state index is -0.556. The first-order valence-electron chi connectivity index (χ1n) is 11.5. The molecule has 1 aliphatic carbocycles. The van der Waals surface area contributed by atoms with Crippen molar-refractivity contribution in [3.8, 4) is 11.3 Å². The number of nitrogens with one attached hydrogen (secondary N) is 1. The third-order valence-electron chi connectivity index (χ3n) is 6.32. The molecule has 0 unspecified atom stereocenters. The van der Waals surface area contributed by atoms with Crippen LogP contribution in [0.25, 0.3) is 11.3 Å². The van der Waals surface area contributed by atoms with Gasteiger partial charge < -0.3 is 11.1 Å². The molecule has 0 aliphatic heterocycles. The van der Waals surface area contributed by atoms with Crippen LogP contribution in [0.3, 0.4) is 0 Å². The highest BCUT2D eigenvalue weighted by atomic mass is 16.2. The number of nitrogens with zero attached hydrogens (tertiary/aromatic N) is 3. The van der Waals surface area contributed by atoms with Gasteiger partial charge in [0.2, 0.25) is 5.91 Å². The third-order valence-corrected chi connectivity index (χ3v) is 6.32. The van der Waals surface area contributed by atoms with Crippen LogP contribution in [0.15, 0.2) is 52.1 Å². The van der Waals surface area contributed by atoms with Gasteiger partial charge >= 0.3 is 11.4 Å². The summed E-state index contributed by atoms with van der Waals surface area (Å²) in [6.45, 7) is 0.357. The van der Waals surface area contributed by atoms with Gasteiger partial charge in [0.1, 0.15) is 5.69 Å². The first-order chi connectivity index (χ1) is 16.0. The second-order valence-electron chi connectivity index (χ2n) is 8.58.